The molecule has 0 saturated heterocycles. The highest BCUT2D eigenvalue weighted by molar-refractivity contribution is 6.12. The first kappa shape index (κ1) is 4.99. The molecule has 2 N–H and O–H groups in total. The van der Waals surface area contributed by atoms with Crippen LogP contribution in [0.4, 0.5) is 0 Å². The number of amides is 1. The number of nitrogens with zero attached hydrogens (tertiary/aromatic N) is 1. The Morgan fingerprint density at radius 2 is 2.25 bits per heavy atom. The van der Waals surface area contributed by atoms with Crippen LogP contribution in [0, 0.1) is 5.41 Å². The number of hydrogen-bond acceptors (Lipinski definition) is 3. The molecule has 1 aliphatic heterocycles. The average Bonchev–Trinajstić information content (AvgIpc) is 1.98. The van der Waals surface area contributed by atoms with Crippen molar-refractivity contribution in [3.63, 3.8) is 0 Å². The van der Waals surface area contributed by atoms with Crippen molar-refractivity contribution in [1.82, 2.24) is 5.06 Å². The van der Waals surface area contributed by atoms with Gasteiger partial charge in [-0.2, -0.15) is 5.06 Å². The highest BCUT2D eigenvalue weighted by Gasteiger charge is 2.16. The van der Waals surface area contributed by atoms with Crippen LogP contribution in [-0.4, -0.2) is 22.0 Å². The van der Waals surface area contributed by atoms with Gasteiger partial charge in [0.2, 0.25) is 0 Å². The smallest absolute Gasteiger partial charge is 0.276 e. The molecule has 0 saturated carbocycles. The van der Waals surface area contributed by atoms with Crippen molar-refractivity contribution >= 4 is 11.7 Å². The third-order valence-corrected chi connectivity index (χ3v) is 0.821. The van der Waals surface area contributed by atoms with Crippen LogP contribution in [0.1, 0.15) is 0 Å². The maximum Gasteiger partial charge on any atom is 0.276 e. The Morgan fingerprint density at radius 3 is 2.38 bits per heavy atom. The predicted octanol–water partition coefficient (Wildman–Crippen LogP) is -0.249. The van der Waals surface area contributed by atoms with Crippen LogP contribution in [0.25, 0.3) is 0 Å². The van der Waals surface area contributed by atoms with Crippen molar-refractivity contribution in [1.29, 1.82) is 5.41 Å². The molecule has 0 spiro atoms. The summed E-state index contributed by atoms with van der Waals surface area (Å²) < 4.78 is 0. The van der Waals surface area contributed by atoms with E-state index in [1.807, 2.05) is 0 Å². The van der Waals surface area contributed by atoms with Crippen molar-refractivity contribution < 1.29 is 10.0 Å². The Kier molecular flexibility index (Phi) is 0.881. The van der Waals surface area contributed by atoms with Gasteiger partial charge in [0.1, 0.15) is 0 Å². The standard InChI is InChI=1S/C4H4N2O2/c5-3-1-2-4(7)6(3)8/h1-2,5,8H. The van der Waals surface area contributed by atoms with Gasteiger partial charge >= 0.3 is 0 Å². The highest BCUT2D eigenvalue weighted by atomic mass is 16.5. The number of carbonyl (C=O) groups is 1. The topological polar surface area (TPSA) is 64.4 Å². The Morgan fingerprint density at radius 1 is 1.62 bits per heavy atom. The summed E-state index contributed by atoms with van der Waals surface area (Å²) in [5.74, 6) is -0.745. The Hall–Kier alpha value is -1.16. The van der Waals surface area contributed by atoms with E-state index >= 15 is 0 Å². The lowest BCUT2D eigenvalue weighted by Crippen LogP contribution is -2.24. The van der Waals surface area contributed by atoms with Gasteiger partial charge < -0.3 is 0 Å². The minimum Gasteiger partial charge on any atom is -0.282 e. The Bertz CT molecular complexity index is 155. The molecule has 4 heteroatoms. The first-order valence-corrected chi connectivity index (χ1v) is 2.01. The normalized spacial score (nSPS) is 18.4. The van der Waals surface area contributed by atoms with Crippen LogP contribution >= 0.6 is 0 Å². The van der Waals surface area contributed by atoms with E-state index in [4.69, 9.17) is 10.6 Å². The minimum absolute atomic E-state index is 0.185. The van der Waals surface area contributed by atoms with Gasteiger partial charge in [0.25, 0.3) is 5.91 Å². The van der Waals surface area contributed by atoms with E-state index in [9.17, 15) is 4.79 Å². The summed E-state index contributed by atoms with van der Waals surface area (Å²) in [6.45, 7) is 0. The number of amidine groups is 1. The molecule has 0 fully saturated rings. The zero-order valence-corrected chi connectivity index (χ0v) is 3.96. The molecule has 0 aromatic heterocycles. The predicted molar refractivity (Wildman–Crippen MR) is 25.5 cm³/mol. The maximum absolute atomic E-state index is 10.2. The summed E-state index contributed by atoms with van der Waals surface area (Å²) in [5.41, 5.74) is 0. The summed E-state index contributed by atoms with van der Waals surface area (Å²) in [7, 11) is 0. The first-order chi connectivity index (χ1) is 3.72. The van der Waals surface area contributed by atoms with Crippen molar-refractivity contribution in [3.05, 3.63) is 12.2 Å². The van der Waals surface area contributed by atoms with E-state index in [1.165, 1.54) is 6.08 Å². The number of carbonyl (C=O) groups excluding carboxylic acids is 1. The molecule has 0 bridgehead atoms. The average molecular weight is 112 g/mol. The zero-order valence-electron chi connectivity index (χ0n) is 3.96. The lowest BCUT2D eigenvalue weighted by molar-refractivity contribution is -0.142. The third kappa shape index (κ3) is 0.509. The summed E-state index contributed by atoms with van der Waals surface area (Å²) in [6.07, 6.45) is 2.35. The molecule has 0 aromatic carbocycles. The van der Waals surface area contributed by atoms with Crippen molar-refractivity contribution in [2.24, 2.45) is 0 Å². The fraction of sp³-hybridized carbons (Fsp3) is 0. The quantitative estimate of drug-likeness (QED) is 0.424. The van der Waals surface area contributed by atoms with Crippen LogP contribution in [0.5, 0.6) is 0 Å². The number of nitrogens with one attached hydrogen (secondary N) is 1. The fourth-order valence-corrected chi connectivity index (χ4v) is 0.410. The third-order valence-electron chi connectivity index (χ3n) is 0.821. The van der Waals surface area contributed by atoms with Crippen molar-refractivity contribution in [2.75, 3.05) is 0 Å². The molecule has 1 heterocycles. The monoisotopic (exact) mass is 112 g/mol. The molecular weight excluding hydrogens is 108 g/mol. The molecular formula is C4H4N2O2. The maximum atomic E-state index is 10.2. The molecule has 0 atom stereocenters. The highest BCUT2D eigenvalue weighted by Crippen LogP contribution is 1.97. The van der Waals surface area contributed by atoms with Crippen LogP contribution in [0.2, 0.25) is 0 Å². The SMILES string of the molecule is N=C1C=CC(=O)N1O. The second kappa shape index (κ2) is 1.41. The van der Waals surface area contributed by atoms with Gasteiger partial charge in [-0.05, 0) is 6.08 Å². The number of hydroxylamine groups is 2. The van der Waals surface area contributed by atoms with E-state index in [0.29, 0.717) is 0 Å². The molecule has 1 aliphatic rings. The summed E-state index contributed by atoms with van der Waals surface area (Å²) in [4.78, 5) is 10.2. The Balaban J connectivity index is 2.84. The lowest BCUT2D eigenvalue weighted by Gasteiger charge is -2.02. The molecule has 4 nitrogen and oxygen atoms in total. The van der Waals surface area contributed by atoms with Gasteiger partial charge in [-0.3, -0.25) is 15.4 Å². The summed E-state index contributed by atoms with van der Waals surface area (Å²) >= 11 is 0. The van der Waals surface area contributed by atoms with Crippen LogP contribution < -0.4 is 0 Å². The van der Waals surface area contributed by atoms with Gasteiger partial charge in [-0.15, -0.1) is 0 Å². The zero-order chi connectivity index (χ0) is 6.15. The number of rotatable bonds is 0. The van der Waals surface area contributed by atoms with E-state index in [1.54, 1.807) is 0 Å². The lowest BCUT2D eigenvalue weighted by atomic mass is 10.6. The van der Waals surface area contributed by atoms with Gasteiger partial charge in [-0.1, -0.05) is 0 Å². The van der Waals surface area contributed by atoms with Gasteiger partial charge in [0.05, 0.1) is 0 Å². The molecule has 0 aliphatic carbocycles. The van der Waals surface area contributed by atoms with Gasteiger partial charge in [-0.25, -0.2) is 0 Å². The van der Waals surface area contributed by atoms with Crippen molar-refractivity contribution in [2.45, 2.75) is 0 Å². The minimum atomic E-state index is -0.560. The van der Waals surface area contributed by atoms with Crippen LogP contribution in [0.3, 0.4) is 0 Å². The fourth-order valence-electron chi connectivity index (χ4n) is 0.410. The van der Waals surface area contributed by atoms with E-state index in [-0.39, 0.29) is 10.9 Å². The van der Waals surface area contributed by atoms with E-state index in [2.05, 4.69) is 0 Å². The van der Waals surface area contributed by atoms with Gasteiger partial charge in [0, 0.05) is 6.08 Å². The van der Waals surface area contributed by atoms with Crippen LogP contribution in [-0.2, 0) is 4.79 Å². The first-order valence-electron chi connectivity index (χ1n) is 2.01. The van der Waals surface area contributed by atoms with Crippen molar-refractivity contribution in [3.8, 4) is 0 Å². The molecule has 0 unspecified atom stereocenters. The number of hydrogen-bond donors (Lipinski definition) is 2. The second-order valence-electron chi connectivity index (χ2n) is 1.37. The summed E-state index contributed by atoms with van der Waals surface area (Å²) in [5, 5.41) is 15.5. The van der Waals surface area contributed by atoms with E-state index < -0.39 is 5.91 Å². The Labute approximate surface area is 45.5 Å². The molecule has 0 radical (unpaired) electrons. The second-order valence-corrected chi connectivity index (χ2v) is 1.37. The van der Waals surface area contributed by atoms with E-state index in [0.717, 1.165) is 6.08 Å². The largest absolute Gasteiger partial charge is 0.282 e. The van der Waals surface area contributed by atoms with Crippen LogP contribution in [0.15, 0.2) is 12.2 Å². The molecule has 0 aromatic rings. The molecule has 1 rings (SSSR count). The molecule has 8 heavy (non-hydrogen) atoms. The molecule has 42 valence electrons. The molecule has 1 amide bonds. The van der Waals surface area contributed by atoms with Gasteiger partial charge in [0.15, 0.2) is 5.84 Å². The summed E-state index contributed by atoms with van der Waals surface area (Å²) in [6, 6.07) is 0.